The first-order valence-electron chi connectivity index (χ1n) is 8.75. The third-order valence-electron chi connectivity index (χ3n) is 5.08. The molecule has 0 amide bonds. The molecule has 24 heavy (non-hydrogen) atoms. The zero-order valence-corrected chi connectivity index (χ0v) is 15.4. The fraction of sp³-hybridized carbons (Fsp3) is 0.588. The van der Waals surface area contributed by atoms with Crippen LogP contribution in [0.1, 0.15) is 43.0 Å². The number of aromatic nitrogens is 1. The van der Waals surface area contributed by atoms with Crippen LogP contribution in [0.25, 0.3) is 10.2 Å². The van der Waals surface area contributed by atoms with E-state index in [1.54, 1.807) is 19.9 Å². The van der Waals surface area contributed by atoms with Crippen LogP contribution in [-0.4, -0.2) is 48.2 Å². The summed E-state index contributed by atoms with van der Waals surface area (Å²) in [5.41, 5.74) is 1.06. The van der Waals surface area contributed by atoms with Gasteiger partial charge in [0.15, 0.2) is 0 Å². The van der Waals surface area contributed by atoms with Crippen molar-refractivity contribution in [2.24, 2.45) is 0 Å². The summed E-state index contributed by atoms with van der Waals surface area (Å²) in [7, 11) is -3.27. The minimum atomic E-state index is -3.27. The third kappa shape index (κ3) is 3.10. The Bertz CT molecular complexity index is 771. The average Bonchev–Trinajstić information content (AvgIpc) is 3.07. The highest BCUT2D eigenvalue weighted by atomic mass is 32.2. The van der Waals surface area contributed by atoms with Gasteiger partial charge in [-0.2, -0.15) is 17.0 Å². The molecule has 1 aromatic heterocycles. The first-order valence-corrected chi connectivity index (χ1v) is 11.0. The zero-order valence-electron chi connectivity index (χ0n) is 13.7. The number of nitrogens with zero attached hydrogens (tertiary/aromatic N) is 3. The zero-order chi connectivity index (χ0) is 16.6. The molecule has 0 atom stereocenters. The van der Waals surface area contributed by atoms with Crippen LogP contribution < -0.4 is 0 Å². The van der Waals surface area contributed by atoms with Crippen molar-refractivity contribution < 1.29 is 8.42 Å². The number of hydrogen-bond acceptors (Lipinski definition) is 4. The number of fused-ring (bicyclic) bond motifs is 1. The van der Waals surface area contributed by atoms with Gasteiger partial charge in [-0.15, -0.1) is 11.3 Å². The summed E-state index contributed by atoms with van der Waals surface area (Å²) in [5.74, 6) is 0.384. The van der Waals surface area contributed by atoms with Crippen molar-refractivity contribution in [2.75, 3.05) is 26.2 Å². The Morgan fingerprint density at radius 3 is 2.33 bits per heavy atom. The van der Waals surface area contributed by atoms with Crippen molar-refractivity contribution in [3.8, 4) is 0 Å². The average molecular weight is 366 g/mol. The van der Waals surface area contributed by atoms with Crippen LogP contribution in [0.5, 0.6) is 0 Å². The van der Waals surface area contributed by atoms with Crippen LogP contribution in [0.2, 0.25) is 0 Å². The largest absolute Gasteiger partial charge is 0.281 e. The van der Waals surface area contributed by atoms with E-state index in [1.807, 2.05) is 18.2 Å². The van der Waals surface area contributed by atoms with E-state index in [9.17, 15) is 8.42 Å². The molecular formula is C17H23N3O2S2. The normalized spacial score (nSPS) is 22.2. The van der Waals surface area contributed by atoms with Crippen LogP contribution in [0.15, 0.2) is 24.3 Å². The molecule has 2 aliphatic heterocycles. The fourth-order valence-electron chi connectivity index (χ4n) is 3.66. The minimum Gasteiger partial charge on any atom is -0.241 e. The van der Waals surface area contributed by atoms with Gasteiger partial charge in [-0.3, -0.25) is 0 Å². The Balaban J connectivity index is 1.44. The van der Waals surface area contributed by atoms with Crippen molar-refractivity contribution >= 4 is 31.8 Å². The van der Waals surface area contributed by atoms with E-state index >= 15 is 0 Å². The Labute approximate surface area is 147 Å². The van der Waals surface area contributed by atoms with E-state index in [0.29, 0.717) is 32.1 Å². The summed E-state index contributed by atoms with van der Waals surface area (Å²) < 4.78 is 30.1. The maximum Gasteiger partial charge on any atom is 0.281 e. The molecule has 2 saturated heterocycles. The molecule has 0 saturated carbocycles. The maximum absolute atomic E-state index is 12.8. The van der Waals surface area contributed by atoms with Gasteiger partial charge >= 0.3 is 0 Å². The lowest BCUT2D eigenvalue weighted by molar-refractivity contribution is 0.270. The lowest BCUT2D eigenvalue weighted by Gasteiger charge is -2.35. The molecule has 2 aromatic rings. The molecule has 0 bridgehead atoms. The maximum atomic E-state index is 12.8. The van der Waals surface area contributed by atoms with E-state index in [0.717, 1.165) is 42.6 Å². The van der Waals surface area contributed by atoms with Crippen molar-refractivity contribution in [3.63, 3.8) is 0 Å². The topological polar surface area (TPSA) is 53.5 Å². The number of piperidine rings is 2. The van der Waals surface area contributed by atoms with Crippen LogP contribution in [0, 0.1) is 0 Å². The van der Waals surface area contributed by atoms with Crippen molar-refractivity contribution in [1.29, 1.82) is 0 Å². The second kappa shape index (κ2) is 6.71. The number of para-hydroxylation sites is 1. The van der Waals surface area contributed by atoms with Gasteiger partial charge < -0.3 is 0 Å². The summed E-state index contributed by atoms with van der Waals surface area (Å²) in [4.78, 5) is 4.75. The number of hydrogen-bond donors (Lipinski definition) is 0. The van der Waals surface area contributed by atoms with Gasteiger partial charge in [0, 0.05) is 32.1 Å². The summed E-state index contributed by atoms with van der Waals surface area (Å²) >= 11 is 1.75. The van der Waals surface area contributed by atoms with Crippen LogP contribution in [0.4, 0.5) is 0 Å². The lowest BCUT2D eigenvalue weighted by atomic mass is 9.99. The summed E-state index contributed by atoms with van der Waals surface area (Å²) in [6, 6.07) is 8.20. The molecule has 0 aliphatic carbocycles. The molecule has 3 heterocycles. The van der Waals surface area contributed by atoms with E-state index in [4.69, 9.17) is 4.98 Å². The minimum absolute atomic E-state index is 0.384. The van der Waals surface area contributed by atoms with Gasteiger partial charge in [-0.1, -0.05) is 18.6 Å². The van der Waals surface area contributed by atoms with Gasteiger partial charge in [0.05, 0.1) is 15.2 Å². The second-order valence-electron chi connectivity index (χ2n) is 6.66. The summed E-state index contributed by atoms with van der Waals surface area (Å²) in [6.07, 6.45) is 4.86. The summed E-state index contributed by atoms with van der Waals surface area (Å²) in [6.45, 7) is 2.58. The van der Waals surface area contributed by atoms with Gasteiger partial charge in [0.1, 0.15) is 0 Å². The van der Waals surface area contributed by atoms with E-state index < -0.39 is 10.2 Å². The molecule has 1 aromatic carbocycles. The smallest absolute Gasteiger partial charge is 0.241 e. The molecule has 0 unspecified atom stereocenters. The Hall–Kier alpha value is -1.02. The summed E-state index contributed by atoms with van der Waals surface area (Å²) in [5, 5.41) is 1.16. The van der Waals surface area contributed by atoms with Crippen molar-refractivity contribution in [3.05, 3.63) is 29.3 Å². The van der Waals surface area contributed by atoms with Gasteiger partial charge in [0.2, 0.25) is 0 Å². The number of benzene rings is 1. The van der Waals surface area contributed by atoms with Crippen LogP contribution in [-0.2, 0) is 10.2 Å². The van der Waals surface area contributed by atoms with Crippen molar-refractivity contribution in [2.45, 2.75) is 38.0 Å². The molecule has 0 radical (unpaired) electrons. The predicted octanol–water partition coefficient (Wildman–Crippen LogP) is 3.21. The molecular weight excluding hydrogens is 342 g/mol. The first kappa shape index (κ1) is 16.4. The third-order valence-corrected chi connectivity index (χ3v) is 8.32. The molecule has 130 valence electrons. The predicted molar refractivity (Wildman–Crippen MR) is 97.5 cm³/mol. The monoisotopic (exact) mass is 365 g/mol. The highest BCUT2D eigenvalue weighted by molar-refractivity contribution is 7.86. The SMILES string of the molecule is O=S(=O)(N1CCCCC1)N1CCC(c2nc3ccccc3s2)CC1. The van der Waals surface area contributed by atoms with Crippen LogP contribution in [0.3, 0.4) is 0 Å². The number of rotatable bonds is 3. The lowest BCUT2D eigenvalue weighted by Crippen LogP contribution is -2.48. The molecule has 0 spiro atoms. The quantitative estimate of drug-likeness (QED) is 0.839. The molecule has 7 heteroatoms. The Morgan fingerprint density at radius 2 is 1.62 bits per heavy atom. The van der Waals surface area contributed by atoms with Crippen LogP contribution >= 0.6 is 11.3 Å². The first-order chi connectivity index (χ1) is 11.6. The Morgan fingerprint density at radius 1 is 0.958 bits per heavy atom. The highest BCUT2D eigenvalue weighted by Crippen LogP contribution is 2.34. The molecule has 2 aliphatic rings. The van der Waals surface area contributed by atoms with E-state index in [1.165, 1.54) is 4.70 Å². The van der Waals surface area contributed by atoms with Gasteiger partial charge in [-0.25, -0.2) is 4.98 Å². The Kier molecular flexibility index (Phi) is 4.60. The fourth-order valence-corrected chi connectivity index (χ4v) is 6.51. The standard InChI is InChI=1S/C17H23N3O2S2/c21-24(22,19-10-4-1-5-11-19)20-12-8-14(9-13-20)17-18-15-6-2-3-7-16(15)23-17/h2-3,6-7,14H,1,4-5,8-13H2. The van der Waals surface area contributed by atoms with Gasteiger partial charge in [0.25, 0.3) is 10.2 Å². The van der Waals surface area contributed by atoms with E-state index in [2.05, 4.69) is 6.07 Å². The second-order valence-corrected chi connectivity index (χ2v) is 9.65. The van der Waals surface area contributed by atoms with E-state index in [-0.39, 0.29) is 0 Å². The van der Waals surface area contributed by atoms with Gasteiger partial charge in [-0.05, 0) is 37.8 Å². The molecule has 5 nitrogen and oxygen atoms in total. The molecule has 4 rings (SSSR count). The highest BCUT2D eigenvalue weighted by Gasteiger charge is 2.34. The molecule has 0 N–H and O–H groups in total. The van der Waals surface area contributed by atoms with Crippen molar-refractivity contribution in [1.82, 2.24) is 13.6 Å². The number of thiazole rings is 1. The molecule has 2 fully saturated rings.